The zero-order chi connectivity index (χ0) is 13.4. The molecule has 0 saturated carbocycles. The van der Waals surface area contributed by atoms with Crippen molar-refractivity contribution in [2.75, 3.05) is 0 Å². The summed E-state index contributed by atoms with van der Waals surface area (Å²) >= 11 is 5.37. The molecule has 0 heterocycles. The van der Waals surface area contributed by atoms with Crippen LogP contribution in [0, 0.1) is 6.92 Å². The maximum atomic E-state index is 12.6. The largest absolute Gasteiger partial charge is 0.417 e. The van der Waals surface area contributed by atoms with E-state index in [1.165, 1.54) is 0 Å². The average Bonchev–Trinajstić information content (AvgIpc) is 2.13. The summed E-state index contributed by atoms with van der Waals surface area (Å²) in [5.41, 5.74) is -3.80. The molecule has 0 saturated heterocycles. The minimum Gasteiger partial charge on any atom is -0.166 e. The van der Waals surface area contributed by atoms with Gasteiger partial charge in [0.1, 0.15) is 0 Å². The van der Waals surface area contributed by atoms with Crippen LogP contribution in [0.2, 0.25) is 0 Å². The molecule has 1 aromatic rings. The molecule has 0 aromatic heterocycles. The standard InChI is InChI=1S/C10H7ClF6/c1-5-6(4-11)2-3-7(9(12,13)14)8(5)10(15,16)17/h2-3H,4H2,1H3. The van der Waals surface area contributed by atoms with Gasteiger partial charge in [-0.2, -0.15) is 26.3 Å². The highest BCUT2D eigenvalue weighted by Crippen LogP contribution is 2.42. The Morgan fingerprint density at radius 1 is 1.00 bits per heavy atom. The SMILES string of the molecule is Cc1c(CCl)ccc(C(F)(F)F)c1C(F)(F)F. The normalized spacial score (nSPS) is 12.9. The van der Waals surface area contributed by atoms with E-state index < -0.39 is 29.0 Å². The molecule has 0 radical (unpaired) electrons. The molecule has 7 heteroatoms. The summed E-state index contributed by atoms with van der Waals surface area (Å²) in [4.78, 5) is 0. The Morgan fingerprint density at radius 2 is 1.53 bits per heavy atom. The zero-order valence-electron chi connectivity index (χ0n) is 8.51. The third-order valence-electron chi connectivity index (χ3n) is 2.31. The molecule has 0 fully saturated rings. The highest BCUT2D eigenvalue weighted by atomic mass is 35.5. The molecular weight excluding hydrogens is 270 g/mol. The van der Waals surface area contributed by atoms with Crippen LogP contribution < -0.4 is 0 Å². The maximum absolute atomic E-state index is 12.6. The molecular formula is C10H7ClF6. The van der Waals surface area contributed by atoms with E-state index in [9.17, 15) is 26.3 Å². The van der Waals surface area contributed by atoms with E-state index >= 15 is 0 Å². The number of hydrogen-bond donors (Lipinski definition) is 0. The molecule has 96 valence electrons. The van der Waals surface area contributed by atoms with Gasteiger partial charge in [-0.15, -0.1) is 11.6 Å². The van der Waals surface area contributed by atoms with Crippen molar-refractivity contribution in [1.82, 2.24) is 0 Å². The second-order valence-electron chi connectivity index (χ2n) is 3.40. The Kier molecular flexibility index (Phi) is 3.66. The average molecular weight is 277 g/mol. The second kappa shape index (κ2) is 4.40. The monoisotopic (exact) mass is 276 g/mol. The molecule has 0 N–H and O–H groups in total. The molecule has 0 unspecified atom stereocenters. The summed E-state index contributed by atoms with van der Waals surface area (Å²) in [5.74, 6) is -0.271. The summed E-state index contributed by atoms with van der Waals surface area (Å²) in [6, 6.07) is 1.37. The van der Waals surface area contributed by atoms with Gasteiger partial charge in [0, 0.05) is 5.88 Å². The lowest BCUT2D eigenvalue weighted by Gasteiger charge is -2.19. The smallest absolute Gasteiger partial charge is 0.166 e. The Labute approximate surface area is 98.2 Å². The van der Waals surface area contributed by atoms with Gasteiger partial charge in [-0.3, -0.25) is 0 Å². The summed E-state index contributed by atoms with van der Waals surface area (Å²) in [6.45, 7) is 0.982. The Bertz CT molecular complexity index is 418. The third kappa shape index (κ3) is 2.86. The second-order valence-corrected chi connectivity index (χ2v) is 3.67. The van der Waals surface area contributed by atoms with Gasteiger partial charge in [-0.05, 0) is 24.1 Å². The van der Waals surface area contributed by atoms with E-state index in [2.05, 4.69) is 0 Å². The van der Waals surface area contributed by atoms with Gasteiger partial charge in [0.05, 0.1) is 11.1 Å². The van der Waals surface area contributed by atoms with Gasteiger partial charge < -0.3 is 0 Å². The topological polar surface area (TPSA) is 0 Å². The predicted molar refractivity (Wildman–Crippen MR) is 50.7 cm³/mol. The van der Waals surface area contributed by atoms with Crippen molar-refractivity contribution in [1.29, 1.82) is 0 Å². The number of rotatable bonds is 1. The van der Waals surface area contributed by atoms with Gasteiger partial charge in [0.2, 0.25) is 0 Å². The van der Waals surface area contributed by atoms with Crippen molar-refractivity contribution in [3.8, 4) is 0 Å². The molecule has 0 bridgehead atoms. The first-order valence-electron chi connectivity index (χ1n) is 4.42. The first kappa shape index (κ1) is 14.2. The van der Waals surface area contributed by atoms with Crippen molar-refractivity contribution in [3.63, 3.8) is 0 Å². The Balaban J connectivity index is 3.59. The molecule has 0 atom stereocenters. The quantitative estimate of drug-likeness (QED) is 0.512. The number of hydrogen-bond acceptors (Lipinski definition) is 0. The summed E-state index contributed by atoms with van der Waals surface area (Å²) < 4.78 is 75.2. The van der Waals surface area contributed by atoms with E-state index in [4.69, 9.17) is 11.6 Å². The third-order valence-corrected chi connectivity index (χ3v) is 2.60. The van der Waals surface area contributed by atoms with Gasteiger partial charge >= 0.3 is 12.4 Å². The van der Waals surface area contributed by atoms with Crippen LogP contribution in [0.15, 0.2) is 12.1 Å². The van der Waals surface area contributed by atoms with Crippen LogP contribution in [0.5, 0.6) is 0 Å². The molecule has 0 amide bonds. The van der Waals surface area contributed by atoms with Crippen LogP contribution in [0.1, 0.15) is 22.3 Å². The van der Waals surface area contributed by atoms with Crippen molar-refractivity contribution in [2.24, 2.45) is 0 Å². The maximum Gasteiger partial charge on any atom is 0.417 e. The molecule has 0 aliphatic carbocycles. The van der Waals surface area contributed by atoms with Crippen LogP contribution in [-0.2, 0) is 18.2 Å². The van der Waals surface area contributed by atoms with Crippen LogP contribution in [0.25, 0.3) is 0 Å². The van der Waals surface area contributed by atoms with Crippen molar-refractivity contribution in [2.45, 2.75) is 25.2 Å². The highest BCUT2D eigenvalue weighted by Gasteiger charge is 2.44. The predicted octanol–water partition coefficient (Wildman–Crippen LogP) is 4.77. The van der Waals surface area contributed by atoms with Gasteiger partial charge in [0.25, 0.3) is 0 Å². The summed E-state index contributed by atoms with van der Waals surface area (Å²) in [6.07, 6.45) is -10.1. The zero-order valence-corrected chi connectivity index (χ0v) is 9.26. The number of alkyl halides is 7. The van der Waals surface area contributed by atoms with E-state index in [0.29, 0.717) is 6.07 Å². The lowest BCUT2D eigenvalue weighted by Crippen LogP contribution is -2.19. The van der Waals surface area contributed by atoms with E-state index in [1.54, 1.807) is 0 Å². The Morgan fingerprint density at radius 3 is 1.88 bits per heavy atom. The minimum atomic E-state index is -5.06. The molecule has 17 heavy (non-hydrogen) atoms. The molecule has 1 rings (SSSR count). The lowest BCUT2D eigenvalue weighted by molar-refractivity contribution is -0.162. The molecule has 0 nitrogen and oxygen atoms in total. The van der Waals surface area contributed by atoms with E-state index in [1.807, 2.05) is 0 Å². The van der Waals surface area contributed by atoms with Crippen molar-refractivity contribution < 1.29 is 26.3 Å². The highest BCUT2D eigenvalue weighted by molar-refractivity contribution is 6.17. The van der Waals surface area contributed by atoms with E-state index in [-0.39, 0.29) is 11.4 Å². The van der Waals surface area contributed by atoms with Crippen LogP contribution >= 0.6 is 11.6 Å². The summed E-state index contributed by atoms with van der Waals surface area (Å²) in [7, 11) is 0. The first-order chi connectivity index (χ1) is 7.59. The Hall–Kier alpha value is -0.910. The first-order valence-corrected chi connectivity index (χ1v) is 4.95. The number of halogens is 7. The van der Waals surface area contributed by atoms with Gasteiger partial charge in [0.15, 0.2) is 0 Å². The van der Waals surface area contributed by atoms with Gasteiger partial charge in [-0.25, -0.2) is 0 Å². The van der Waals surface area contributed by atoms with Crippen LogP contribution in [0.3, 0.4) is 0 Å². The molecule has 0 aliphatic heterocycles. The minimum absolute atomic E-state index is 0.0343. The summed E-state index contributed by atoms with van der Waals surface area (Å²) in [5, 5.41) is 0. The molecule has 0 aliphatic rings. The fourth-order valence-corrected chi connectivity index (χ4v) is 1.79. The van der Waals surface area contributed by atoms with E-state index in [0.717, 1.165) is 13.0 Å². The van der Waals surface area contributed by atoms with Crippen LogP contribution in [0.4, 0.5) is 26.3 Å². The fourth-order valence-electron chi connectivity index (χ4n) is 1.50. The lowest BCUT2D eigenvalue weighted by atomic mass is 9.97. The van der Waals surface area contributed by atoms with Crippen molar-refractivity contribution in [3.05, 3.63) is 34.4 Å². The molecule has 0 spiro atoms. The molecule has 1 aromatic carbocycles. The fraction of sp³-hybridized carbons (Fsp3) is 0.400. The van der Waals surface area contributed by atoms with Crippen LogP contribution in [-0.4, -0.2) is 0 Å². The number of benzene rings is 1. The van der Waals surface area contributed by atoms with Crippen molar-refractivity contribution >= 4 is 11.6 Å². The van der Waals surface area contributed by atoms with Gasteiger partial charge in [-0.1, -0.05) is 6.07 Å².